The summed E-state index contributed by atoms with van der Waals surface area (Å²) >= 11 is 6.14. The van der Waals surface area contributed by atoms with Gasteiger partial charge in [-0.2, -0.15) is 0 Å². The van der Waals surface area contributed by atoms with Crippen LogP contribution in [0.3, 0.4) is 0 Å². The smallest absolute Gasteiger partial charge is 0.0441 e. The molecule has 1 aromatic carbocycles. The number of rotatable bonds is 1. The summed E-state index contributed by atoms with van der Waals surface area (Å²) in [5.74, 6) is 0.591. The molecule has 1 nitrogen and oxygen atoms in total. The molecule has 1 fully saturated rings. The van der Waals surface area contributed by atoms with Crippen molar-refractivity contribution >= 4 is 11.6 Å². The maximum atomic E-state index is 6.14. The van der Waals surface area contributed by atoms with Gasteiger partial charge >= 0.3 is 0 Å². The number of hydrogen-bond acceptors (Lipinski definition) is 1. The van der Waals surface area contributed by atoms with E-state index in [4.69, 9.17) is 11.6 Å². The van der Waals surface area contributed by atoms with E-state index >= 15 is 0 Å². The highest BCUT2D eigenvalue weighted by molar-refractivity contribution is 6.31. The van der Waals surface area contributed by atoms with Gasteiger partial charge in [0.1, 0.15) is 0 Å². The molecule has 1 heterocycles. The number of benzene rings is 1. The standard InChI is InChI=1S/C11H14ClN/c1-8-9(6-7-13-8)10-4-2-3-5-11(10)12/h2-5,8-9,13H,6-7H2,1H3. The highest BCUT2D eigenvalue weighted by Gasteiger charge is 2.25. The van der Waals surface area contributed by atoms with Gasteiger partial charge in [0.15, 0.2) is 0 Å². The Morgan fingerprint density at radius 1 is 1.38 bits per heavy atom. The van der Waals surface area contributed by atoms with E-state index in [9.17, 15) is 0 Å². The average molecular weight is 196 g/mol. The molecular formula is C11H14ClN. The predicted molar refractivity (Wildman–Crippen MR) is 56.3 cm³/mol. The van der Waals surface area contributed by atoms with Gasteiger partial charge in [-0.3, -0.25) is 0 Å². The van der Waals surface area contributed by atoms with Crippen molar-refractivity contribution in [3.8, 4) is 0 Å². The number of nitrogens with one attached hydrogen (secondary N) is 1. The average Bonchev–Trinajstić information content (AvgIpc) is 2.52. The molecule has 1 N–H and O–H groups in total. The normalized spacial score (nSPS) is 27.8. The molecule has 2 atom stereocenters. The van der Waals surface area contributed by atoms with Crippen LogP contribution in [0.25, 0.3) is 0 Å². The van der Waals surface area contributed by atoms with E-state index in [1.165, 1.54) is 12.0 Å². The van der Waals surface area contributed by atoms with Crippen LogP contribution in [-0.4, -0.2) is 12.6 Å². The minimum Gasteiger partial charge on any atom is -0.314 e. The highest BCUT2D eigenvalue weighted by atomic mass is 35.5. The third-order valence-electron chi connectivity index (χ3n) is 2.83. The SMILES string of the molecule is CC1NCCC1c1ccccc1Cl. The molecule has 0 spiro atoms. The molecule has 0 bridgehead atoms. The van der Waals surface area contributed by atoms with Crippen molar-refractivity contribution in [2.45, 2.75) is 25.3 Å². The monoisotopic (exact) mass is 195 g/mol. The Morgan fingerprint density at radius 3 is 2.77 bits per heavy atom. The van der Waals surface area contributed by atoms with Crippen LogP contribution in [0.1, 0.15) is 24.8 Å². The molecule has 13 heavy (non-hydrogen) atoms. The second-order valence-corrected chi connectivity index (χ2v) is 4.07. The van der Waals surface area contributed by atoms with E-state index < -0.39 is 0 Å². The molecule has 0 aliphatic carbocycles. The first kappa shape index (κ1) is 9.04. The van der Waals surface area contributed by atoms with Crippen LogP contribution >= 0.6 is 11.6 Å². The van der Waals surface area contributed by atoms with Gasteiger partial charge < -0.3 is 5.32 Å². The Hall–Kier alpha value is -0.530. The molecular weight excluding hydrogens is 182 g/mol. The van der Waals surface area contributed by atoms with E-state index in [2.05, 4.69) is 24.4 Å². The van der Waals surface area contributed by atoms with Crippen LogP contribution in [-0.2, 0) is 0 Å². The Kier molecular flexibility index (Phi) is 2.56. The van der Waals surface area contributed by atoms with Crippen molar-refractivity contribution in [3.63, 3.8) is 0 Å². The first-order valence-electron chi connectivity index (χ1n) is 4.77. The molecule has 1 aromatic rings. The van der Waals surface area contributed by atoms with Crippen molar-refractivity contribution < 1.29 is 0 Å². The Balaban J connectivity index is 2.29. The van der Waals surface area contributed by atoms with Crippen molar-refractivity contribution in [1.82, 2.24) is 5.32 Å². The fourth-order valence-electron chi connectivity index (χ4n) is 2.06. The minimum atomic E-state index is 0.555. The van der Waals surface area contributed by atoms with Crippen LogP contribution in [0.4, 0.5) is 0 Å². The van der Waals surface area contributed by atoms with Gasteiger partial charge in [-0.05, 0) is 31.5 Å². The fraction of sp³-hybridized carbons (Fsp3) is 0.455. The summed E-state index contributed by atoms with van der Waals surface area (Å²) in [4.78, 5) is 0. The summed E-state index contributed by atoms with van der Waals surface area (Å²) in [6, 6.07) is 8.71. The van der Waals surface area contributed by atoms with Gasteiger partial charge in [0.25, 0.3) is 0 Å². The largest absolute Gasteiger partial charge is 0.314 e. The number of halogens is 1. The zero-order valence-electron chi connectivity index (χ0n) is 7.76. The van der Waals surface area contributed by atoms with E-state index in [1.54, 1.807) is 0 Å². The van der Waals surface area contributed by atoms with Crippen molar-refractivity contribution in [2.24, 2.45) is 0 Å². The topological polar surface area (TPSA) is 12.0 Å². The summed E-state index contributed by atoms with van der Waals surface area (Å²) in [7, 11) is 0. The number of hydrogen-bond donors (Lipinski definition) is 1. The second-order valence-electron chi connectivity index (χ2n) is 3.66. The lowest BCUT2D eigenvalue weighted by Crippen LogP contribution is -2.21. The summed E-state index contributed by atoms with van der Waals surface area (Å²) < 4.78 is 0. The fourth-order valence-corrected chi connectivity index (χ4v) is 2.34. The Morgan fingerprint density at radius 2 is 2.15 bits per heavy atom. The van der Waals surface area contributed by atoms with Crippen LogP contribution in [0, 0.1) is 0 Å². The summed E-state index contributed by atoms with van der Waals surface area (Å²) in [5, 5.41) is 4.34. The first-order valence-corrected chi connectivity index (χ1v) is 5.14. The maximum absolute atomic E-state index is 6.14. The predicted octanol–water partition coefficient (Wildman–Crippen LogP) is 2.81. The van der Waals surface area contributed by atoms with Gasteiger partial charge in [-0.25, -0.2) is 0 Å². The molecule has 1 saturated heterocycles. The van der Waals surface area contributed by atoms with E-state index in [1.807, 2.05) is 12.1 Å². The summed E-state index contributed by atoms with van der Waals surface area (Å²) in [6.45, 7) is 3.33. The third-order valence-corrected chi connectivity index (χ3v) is 3.17. The quantitative estimate of drug-likeness (QED) is 0.727. The molecule has 1 aliphatic heterocycles. The third kappa shape index (κ3) is 1.72. The van der Waals surface area contributed by atoms with Crippen molar-refractivity contribution in [2.75, 3.05) is 6.54 Å². The lowest BCUT2D eigenvalue weighted by atomic mass is 9.93. The summed E-state index contributed by atoms with van der Waals surface area (Å²) in [6.07, 6.45) is 1.20. The molecule has 0 aromatic heterocycles. The van der Waals surface area contributed by atoms with Gasteiger partial charge in [-0.15, -0.1) is 0 Å². The van der Waals surface area contributed by atoms with Crippen LogP contribution in [0.5, 0.6) is 0 Å². The highest BCUT2D eigenvalue weighted by Crippen LogP contribution is 2.32. The molecule has 0 amide bonds. The van der Waals surface area contributed by atoms with Crippen LogP contribution in [0.15, 0.2) is 24.3 Å². The molecule has 2 unspecified atom stereocenters. The lowest BCUT2D eigenvalue weighted by Gasteiger charge is -2.16. The summed E-state index contributed by atoms with van der Waals surface area (Å²) in [5.41, 5.74) is 1.29. The first-order chi connectivity index (χ1) is 6.29. The van der Waals surface area contributed by atoms with Gasteiger partial charge in [0, 0.05) is 17.0 Å². The van der Waals surface area contributed by atoms with Gasteiger partial charge in [0.05, 0.1) is 0 Å². The maximum Gasteiger partial charge on any atom is 0.0441 e. The molecule has 0 radical (unpaired) electrons. The Labute approximate surface area is 84.1 Å². The van der Waals surface area contributed by atoms with Gasteiger partial charge in [-0.1, -0.05) is 29.8 Å². The van der Waals surface area contributed by atoms with Crippen LogP contribution in [0.2, 0.25) is 5.02 Å². The lowest BCUT2D eigenvalue weighted by molar-refractivity contribution is 0.594. The zero-order valence-corrected chi connectivity index (χ0v) is 8.51. The molecule has 0 saturated carbocycles. The molecule has 1 aliphatic rings. The molecule has 2 rings (SSSR count). The molecule has 2 heteroatoms. The zero-order chi connectivity index (χ0) is 9.26. The van der Waals surface area contributed by atoms with Crippen molar-refractivity contribution in [3.05, 3.63) is 34.9 Å². The molecule has 70 valence electrons. The van der Waals surface area contributed by atoms with Crippen molar-refractivity contribution in [1.29, 1.82) is 0 Å². The second kappa shape index (κ2) is 3.69. The Bertz CT molecular complexity index is 298. The van der Waals surface area contributed by atoms with E-state index in [-0.39, 0.29) is 0 Å². The van der Waals surface area contributed by atoms with Crippen LogP contribution < -0.4 is 5.32 Å². The van der Waals surface area contributed by atoms with E-state index in [0.29, 0.717) is 12.0 Å². The van der Waals surface area contributed by atoms with E-state index in [0.717, 1.165) is 11.6 Å². The van der Waals surface area contributed by atoms with Gasteiger partial charge in [0.2, 0.25) is 0 Å². The minimum absolute atomic E-state index is 0.555.